The van der Waals surface area contributed by atoms with Gasteiger partial charge in [0.15, 0.2) is 6.10 Å². The van der Waals surface area contributed by atoms with Gasteiger partial charge in [-0.1, -0.05) is 11.6 Å². The summed E-state index contributed by atoms with van der Waals surface area (Å²) in [6, 6.07) is 9.05. The van der Waals surface area contributed by atoms with Gasteiger partial charge in [0.1, 0.15) is 22.3 Å². The van der Waals surface area contributed by atoms with Gasteiger partial charge in [0, 0.05) is 19.3 Å². The molecule has 0 saturated heterocycles. The van der Waals surface area contributed by atoms with Crippen molar-refractivity contribution in [1.82, 2.24) is 9.97 Å². The average Bonchev–Trinajstić information content (AvgIpc) is 2.80. The van der Waals surface area contributed by atoms with Crippen molar-refractivity contribution >= 4 is 34.8 Å². The molecule has 0 radical (unpaired) electrons. The molecular formula is C21H17ClF3N5O5. The lowest BCUT2D eigenvalue weighted by atomic mass is 10.3. The minimum Gasteiger partial charge on any atom is -0.481 e. The lowest BCUT2D eigenvalue weighted by Gasteiger charge is -2.15. The number of alkyl halides is 3. The molecule has 3 rings (SSSR count). The second kappa shape index (κ2) is 10.4. The summed E-state index contributed by atoms with van der Waals surface area (Å²) < 4.78 is 49.1. The third kappa shape index (κ3) is 6.47. The summed E-state index contributed by atoms with van der Waals surface area (Å²) in [7, 11) is 1.57. The highest BCUT2D eigenvalue weighted by Gasteiger charge is 2.32. The van der Waals surface area contributed by atoms with Crippen LogP contribution in [0.15, 0.2) is 48.7 Å². The Kier molecular flexibility index (Phi) is 7.59. The highest BCUT2D eigenvalue weighted by molar-refractivity contribution is 6.31. The van der Waals surface area contributed by atoms with Crippen molar-refractivity contribution in [2.45, 2.75) is 19.2 Å². The Morgan fingerprint density at radius 1 is 1.17 bits per heavy atom. The Morgan fingerprint density at radius 2 is 1.83 bits per heavy atom. The van der Waals surface area contributed by atoms with Crippen LogP contribution >= 0.6 is 11.6 Å². The van der Waals surface area contributed by atoms with E-state index in [9.17, 15) is 28.1 Å². The van der Waals surface area contributed by atoms with Crippen LogP contribution in [0.2, 0.25) is 5.02 Å². The molecule has 0 saturated carbocycles. The first kappa shape index (κ1) is 25.5. The van der Waals surface area contributed by atoms with E-state index in [2.05, 4.69) is 20.6 Å². The average molecular weight is 512 g/mol. The fraction of sp³-hybridized carbons (Fsp3) is 0.190. The fourth-order valence-electron chi connectivity index (χ4n) is 2.66. The number of rotatable bonds is 8. The molecule has 184 valence electrons. The molecule has 14 heteroatoms. The van der Waals surface area contributed by atoms with Gasteiger partial charge in [0.25, 0.3) is 5.91 Å². The number of pyridine rings is 2. The predicted octanol–water partition coefficient (Wildman–Crippen LogP) is 5.30. The van der Waals surface area contributed by atoms with E-state index < -0.39 is 28.7 Å². The van der Waals surface area contributed by atoms with Gasteiger partial charge in [-0.05, 0) is 43.3 Å². The van der Waals surface area contributed by atoms with Gasteiger partial charge < -0.3 is 20.1 Å². The van der Waals surface area contributed by atoms with Crippen LogP contribution < -0.4 is 20.1 Å². The third-order valence-corrected chi connectivity index (χ3v) is 4.69. The largest absolute Gasteiger partial charge is 0.481 e. The van der Waals surface area contributed by atoms with E-state index in [1.54, 1.807) is 7.05 Å². The summed E-state index contributed by atoms with van der Waals surface area (Å²) in [6.07, 6.45) is -5.05. The molecule has 2 heterocycles. The number of aromatic nitrogens is 2. The molecule has 0 spiro atoms. The zero-order valence-electron chi connectivity index (χ0n) is 18.1. The number of hydrogen-bond acceptors (Lipinski definition) is 8. The first-order valence-corrected chi connectivity index (χ1v) is 10.2. The Bertz CT molecular complexity index is 1240. The molecule has 1 aromatic carbocycles. The van der Waals surface area contributed by atoms with Gasteiger partial charge in [-0.25, -0.2) is 9.97 Å². The highest BCUT2D eigenvalue weighted by Crippen LogP contribution is 2.35. The maximum atomic E-state index is 12.7. The number of amides is 1. The third-order valence-electron chi connectivity index (χ3n) is 4.42. The van der Waals surface area contributed by atoms with Crippen LogP contribution in [0, 0.1) is 10.1 Å². The smallest absolute Gasteiger partial charge is 0.417 e. The Morgan fingerprint density at radius 3 is 2.40 bits per heavy atom. The Labute approximate surface area is 201 Å². The first-order valence-electron chi connectivity index (χ1n) is 9.79. The van der Waals surface area contributed by atoms with E-state index in [0.29, 0.717) is 18.1 Å². The number of anilines is 2. The van der Waals surface area contributed by atoms with Gasteiger partial charge in [-0.3, -0.25) is 14.9 Å². The molecule has 0 fully saturated rings. The van der Waals surface area contributed by atoms with Gasteiger partial charge in [-0.2, -0.15) is 13.2 Å². The van der Waals surface area contributed by atoms with E-state index in [-0.39, 0.29) is 33.9 Å². The summed E-state index contributed by atoms with van der Waals surface area (Å²) in [5.41, 5.74) is -1.40. The summed E-state index contributed by atoms with van der Waals surface area (Å²) in [5.74, 6) is -0.385. The number of benzene rings is 1. The number of halogens is 4. The van der Waals surface area contributed by atoms with Crippen LogP contribution in [0.1, 0.15) is 12.5 Å². The predicted molar refractivity (Wildman–Crippen MR) is 120 cm³/mol. The van der Waals surface area contributed by atoms with Crippen molar-refractivity contribution in [3.63, 3.8) is 0 Å². The van der Waals surface area contributed by atoms with Crippen molar-refractivity contribution in [3.8, 4) is 17.4 Å². The molecule has 3 aromatic rings. The second-order valence-corrected chi connectivity index (χ2v) is 7.31. The van der Waals surface area contributed by atoms with Crippen molar-refractivity contribution in [3.05, 3.63) is 69.4 Å². The van der Waals surface area contributed by atoms with E-state index in [1.165, 1.54) is 43.3 Å². The highest BCUT2D eigenvalue weighted by atomic mass is 35.5. The van der Waals surface area contributed by atoms with Crippen LogP contribution in [0.25, 0.3) is 0 Å². The summed E-state index contributed by atoms with van der Waals surface area (Å²) in [6.45, 7) is 1.43. The van der Waals surface area contributed by atoms with Crippen LogP contribution in [0.5, 0.6) is 17.4 Å². The molecule has 0 aliphatic carbocycles. The van der Waals surface area contributed by atoms with Crippen molar-refractivity contribution in [1.29, 1.82) is 0 Å². The number of nitrogens with one attached hydrogen (secondary N) is 2. The van der Waals surface area contributed by atoms with E-state index in [1.807, 2.05) is 0 Å². The monoisotopic (exact) mass is 511 g/mol. The molecule has 10 nitrogen and oxygen atoms in total. The summed E-state index contributed by atoms with van der Waals surface area (Å²) >= 11 is 5.83. The SMILES string of the molecule is CNc1ccc([N+](=O)[O-])c(NC(=O)C(C)Oc2ccc(Oc3ncc(C(F)(F)F)cc3Cl)cc2)n1. The molecule has 2 N–H and O–H groups in total. The van der Waals surface area contributed by atoms with Crippen molar-refractivity contribution in [2.24, 2.45) is 0 Å². The topological polar surface area (TPSA) is 129 Å². The molecule has 0 aliphatic heterocycles. The standard InChI is InChI=1S/C21H17ClF3N5O5/c1-11(19(31)29-18-16(30(32)33)7-8-17(26-2)28-18)34-13-3-5-14(6-4-13)35-20-15(22)9-12(10-27-20)21(23,24)25/h3-11H,1-2H3,(H2,26,28,29,31). The fourth-order valence-corrected chi connectivity index (χ4v) is 2.86. The van der Waals surface area contributed by atoms with Crippen LogP contribution in [0.4, 0.5) is 30.5 Å². The maximum absolute atomic E-state index is 12.7. The van der Waals surface area contributed by atoms with E-state index >= 15 is 0 Å². The van der Waals surface area contributed by atoms with Crippen LogP contribution in [0.3, 0.4) is 0 Å². The van der Waals surface area contributed by atoms with E-state index in [4.69, 9.17) is 21.1 Å². The molecule has 0 aliphatic rings. The second-order valence-electron chi connectivity index (χ2n) is 6.90. The number of carbonyl (C=O) groups excluding carboxylic acids is 1. The quantitative estimate of drug-likeness (QED) is 0.308. The molecule has 1 unspecified atom stereocenters. The first-order chi connectivity index (χ1) is 16.5. The van der Waals surface area contributed by atoms with Gasteiger partial charge in [0.05, 0.1) is 10.5 Å². The Balaban J connectivity index is 1.65. The lowest BCUT2D eigenvalue weighted by Crippen LogP contribution is -2.30. The number of hydrogen-bond donors (Lipinski definition) is 2. The number of nitro groups is 1. The molecule has 1 amide bonds. The van der Waals surface area contributed by atoms with E-state index in [0.717, 1.165) is 0 Å². The lowest BCUT2D eigenvalue weighted by molar-refractivity contribution is -0.384. The maximum Gasteiger partial charge on any atom is 0.417 e. The Hall–Kier alpha value is -4.13. The number of carbonyl (C=O) groups is 1. The number of ether oxygens (including phenoxy) is 2. The van der Waals surface area contributed by atoms with Gasteiger partial charge in [-0.15, -0.1) is 0 Å². The molecule has 35 heavy (non-hydrogen) atoms. The molecule has 0 bridgehead atoms. The van der Waals surface area contributed by atoms with Gasteiger partial charge >= 0.3 is 11.9 Å². The summed E-state index contributed by atoms with van der Waals surface area (Å²) in [4.78, 5) is 30.6. The minimum atomic E-state index is -4.59. The number of nitrogens with zero attached hydrogens (tertiary/aromatic N) is 3. The van der Waals surface area contributed by atoms with Crippen LogP contribution in [-0.4, -0.2) is 34.0 Å². The zero-order chi connectivity index (χ0) is 25.8. The van der Waals surface area contributed by atoms with Crippen molar-refractivity contribution in [2.75, 3.05) is 17.7 Å². The summed E-state index contributed by atoms with van der Waals surface area (Å²) in [5, 5.41) is 16.0. The normalized spacial score (nSPS) is 11.9. The minimum absolute atomic E-state index is 0.201. The van der Waals surface area contributed by atoms with Gasteiger partial charge in [0.2, 0.25) is 11.7 Å². The molecule has 1 atom stereocenters. The zero-order valence-corrected chi connectivity index (χ0v) is 18.8. The molecular weight excluding hydrogens is 495 g/mol. The van der Waals surface area contributed by atoms with Crippen LogP contribution in [-0.2, 0) is 11.0 Å². The van der Waals surface area contributed by atoms with Crippen molar-refractivity contribution < 1.29 is 32.4 Å². The molecule has 2 aromatic heterocycles.